The minimum absolute atomic E-state index is 0.0663. The second kappa shape index (κ2) is 7.45. The molecule has 0 saturated heterocycles. The van der Waals surface area contributed by atoms with Gasteiger partial charge < -0.3 is 15.2 Å². The van der Waals surface area contributed by atoms with Crippen molar-refractivity contribution in [3.05, 3.63) is 42.0 Å². The van der Waals surface area contributed by atoms with E-state index in [2.05, 4.69) is 11.9 Å². The van der Waals surface area contributed by atoms with Crippen LogP contribution in [0.2, 0.25) is 0 Å². The number of carbonyl (C=O) groups is 2. The number of aryl methyl sites for hydroxylation is 1. The number of rotatable bonds is 7. The second-order valence-corrected chi connectivity index (χ2v) is 4.43. The zero-order chi connectivity index (χ0) is 15.1. The number of hydrogen-bond donors (Lipinski definition) is 2. The van der Waals surface area contributed by atoms with E-state index < -0.39 is 12.1 Å². The topological polar surface area (TPSA) is 75.6 Å². The van der Waals surface area contributed by atoms with Crippen molar-refractivity contribution >= 4 is 17.6 Å². The number of nitrogens with one attached hydrogen (secondary N) is 1. The van der Waals surface area contributed by atoms with E-state index in [0.29, 0.717) is 13.0 Å². The van der Waals surface area contributed by atoms with E-state index in [1.165, 1.54) is 6.07 Å². The van der Waals surface area contributed by atoms with E-state index in [0.717, 1.165) is 5.56 Å². The Labute approximate surface area is 118 Å². The van der Waals surface area contributed by atoms with E-state index >= 15 is 0 Å². The van der Waals surface area contributed by atoms with Gasteiger partial charge in [-0.05, 0) is 32.4 Å². The van der Waals surface area contributed by atoms with Crippen molar-refractivity contribution in [1.29, 1.82) is 0 Å². The molecule has 0 bridgehead atoms. The molecular formula is C15H19NO4. The lowest BCUT2D eigenvalue weighted by molar-refractivity contribution is -0.126. The van der Waals surface area contributed by atoms with Crippen LogP contribution in [-0.4, -0.2) is 29.7 Å². The number of benzene rings is 1. The second-order valence-electron chi connectivity index (χ2n) is 4.43. The van der Waals surface area contributed by atoms with Crippen molar-refractivity contribution in [2.24, 2.45) is 0 Å². The number of aromatic carboxylic acids is 1. The number of hydrogen-bond acceptors (Lipinski definition) is 3. The molecule has 1 unspecified atom stereocenters. The molecule has 0 fully saturated rings. The van der Waals surface area contributed by atoms with Crippen molar-refractivity contribution in [3.8, 4) is 0 Å². The molecule has 0 aliphatic rings. The fraction of sp³-hybridized carbons (Fsp3) is 0.333. The van der Waals surface area contributed by atoms with Gasteiger partial charge in [-0.25, -0.2) is 4.79 Å². The van der Waals surface area contributed by atoms with Crippen LogP contribution < -0.4 is 5.32 Å². The van der Waals surface area contributed by atoms with Gasteiger partial charge in [0.15, 0.2) is 0 Å². The zero-order valence-electron chi connectivity index (χ0n) is 11.7. The summed E-state index contributed by atoms with van der Waals surface area (Å²) < 4.78 is 5.31. The summed E-state index contributed by atoms with van der Waals surface area (Å²) in [5, 5.41) is 11.7. The largest absolute Gasteiger partial charge is 0.478 e. The summed E-state index contributed by atoms with van der Waals surface area (Å²) in [6.07, 6.45) is 1.70. The lowest BCUT2D eigenvalue weighted by Crippen LogP contribution is -2.28. The number of carboxylic acid groups (broad SMARTS) is 1. The normalized spacial score (nSPS) is 11.7. The highest BCUT2D eigenvalue weighted by molar-refractivity contribution is 6.01. The van der Waals surface area contributed by atoms with E-state index in [4.69, 9.17) is 9.84 Å². The van der Waals surface area contributed by atoms with Gasteiger partial charge in [0.1, 0.15) is 6.10 Å². The Kier molecular flexibility index (Phi) is 5.93. The van der Waals surface area contributed by atoms with E-state index in [1.54, 1.807) is 32.1 Å². The molecule has 5 heteroatoms. The molecule has 0 radical (unpaired) electrons. The molecule has 2 N–H and O–H groups in total. The maximum atomic E-state index is 11.9. The van der Waals surface area contributed by atoms with Gasteiger partial charge in [-0.3, -0.25) is 4.79 Å². The molecule has 1 aromatic carbocycles. The molecule has 0 saturated carbocycles. The molecule has 1 aromatic rings. The number of anilines is 1. The zero-order valence-corrected chi connectivity index (χ0v) is 11.7. The highest BCUT2D eigenvalue weighted by Gasteiger charge is 2.17. The molecule has 0 spiro atoms. The van der Waals surface area contributed by atoms with Gasteiger partial charge in [0, 0.05) is 0 Å². The summed E-state index contributed by atoms with van der Waals surface area (Å²) in [5.41, 5.74) is 1.15. The molecule has 0 aromatic heterocycles. The molecule has 1 atom stereocenters. The molecular weight excluding hydrogens is 258 g/mol. The van der Waals surface area contributed by atoms with Crippen LogP contribution in [0.1, 0.15) is 29.3 Å². The van der Waals surface area contributed by atoms with Crippen LogP contribution in [0.25, 0.3) is 0 Å². The summed E-state index contributed by atoms with van der Waals surface area (Å²) in [5.74, 6) is -1.45. The minimum atomic E-state index is -1.08. The lowest BCUT2D eigenvalue weighted by atomic mass is 10.1. The third-order valence-corrected chi connectivity index (χ3v) is 2.72. The van der Waals surface area contributed by atoms with Crippen molar-refractivity contribution in [1.82, 2.24) is 0 Å². The number of amides is 1. The van der Waals surface area contributed by atoms with Crippen molar-refractivity contribution in [2.45, 2.75) is 26.4 Å². The summed E-state index contributed by atoms with van der Waals surface area (Å²) in [4.78, 5) is 23.1. The molecule has 0 aliphatic carbocycles. The molecule has 108 valence electrons. The van der Waals surface area contributed by atoms with Crippen LogP contribution in [0.3, 0.4) is 0 Å². The summed E-state index contributed by atoms with van der Waals surface area (Å²) >= 11 is 0. The smallest absolute Gasteiger partial charge is 0.337 e. The standard InChI is InChI=1S/C15H19NO4/c1-4-5-8-20-11(3)14(17)16-13-7-6-10(2)9-12(13)15(18)19/h4,6-7,9,11H,1,5,8H2,2-3H3,(H,16,17)(H,18,19). The third-order valence-electron chi connectivity index (χ3n) is 2.72. The summed E-state index contributed by atoms with van der Waals surface area (Å²) in [6, 6.07) is 4.83. The fourth-order valence-electron chi connectivity index (χ4n) is 1.58. The Morgan fingerprint density at radius 3 is 2.80 bits per heavy atom. The van der Waals surface area contributed by atoms with Crippen LogP contribution in [0.15, 0.2) is 30.9 Å². The van der Waals surface area contributed by atoms with Gasteiger partial charge in [-0.1, -0.05) is 17.7 Å². The van der Waals surface area contributed by atoms with Gasteiger partial charge in [-0.2, -0.15) is 0 Å². The van der Waals surface area contributed by atoms with E-state index in [-0.39, 0.29) is 17.2 Å². The maximum Gasteiger partial charge on any atom is 0.337 e. The molecule has 5 nitrogen and oxygen atoms in total. The van der Waals surface area contributed by atoms with Crippen LogP contribution in [0.4, 0.5) is 5.69 Å². The molecule has 20 heavy (non-hydrogen) atoms. The third kappa shape index (κ3) is 4.51. The Balaban J connectivity index is 2.75. The number of ether oxygens (including phenoxy) is 1. The van der Waals surface area contributed by atoms with Crippen molar-refractivity contribution < 1.29 is 19.4 Å². The Bertz CT molecular complexity index is 511. The van der Waals surface area contributed by atoms with Gasteiger partial charge in [0.2, 0.25) is 0 Å². The van der Waals surface area contributed by atoms with Gasteiger partial charge in [0.05, 0.1) is 17.9 Å². The molecule has 0 aliphatic heterocycles. The van der Waals surface area contributed by atoms with Gasteiger partial charge in [0.25, 0.3) is 5.91 Å². The first-order valence-electron chi connectivity index (χ1n) is 6.33. The summed E-state index contributed by atoms with van der Waals surface area (Å²) in [6.45, 7) is 7.37. The average Bonchev–Trinajstić information content (AvgIpc) is 2.40. The van der Waals surface area contributed by atoms with Crippen LogP contribution in [-0.2, 0) is 9.53 Å². The van der Waals surface area contributed by atoms with Crippen LogP contribution >= 0.6 is 0 Å². The monoisotopic (exact) mass is 277 g/mol. The first-order valence-corrected chi connectivity index (χ1v) is 6.33. The molecule has 1 amide bonds. The van der Waals surface area contributed by atoms with Crippen molar-refractivity contribution in [2.75, 3.05) is 11.9 Å². The number of carbonyl (C=O) groups excluding carboxylic acids is 1. The average molecular weight is 277 g/mol. The van der Waals surface area contributed by atoms with E-state index in [9.17, 15) is 9.59 Å². The highest BCUT2D eigenvalue weighted by atomic mass is 16.5. The maximum absolute atomic E-state index is 11.9. The molecule has 1 rings (SSSR count). The van der Waals surface area contributed by atoms with Crippen LogP contribution in [0.5, 0.6) is 0 Å². The predicted octanol–water partition coefficient (Wildman–Crippen LogP) is 2.61. The quantitative estimate of drug-likeness (QED) is 0.593. The first kappa shape index (κ1) is 15.9. The SMILES string of the molecule is C=CCCOC(C)C(=O)Nc1ccc(C)cc1C(=O)O. The summed E-state index contributed by atoms with van der Waals surface area (Å²) in [7, 11) is 0. The first-order chi connectivity index (χ1) is 9.45. The Morgan fingerprint density at radius 1 is 1.50 bits per heavy atom. The number of carboxylic acids is 1. The van der Waals surface area contributed by atoms with Gasteiger partial charge in [-0.15, -0.1) is 6.58 Å². The minimum Gasteiger partial charge on any atom is -0.478 e. The Morgan fingerprint density at radius 2 is 2.20 bits per heavy atom. The van der Waals surface area contributed by atoms with Crippen LogP contribution in [0, 0.1) is 6.92 Å². The van der Waals surface area contributed by atoms with Crippen molar-refractivity contribution in [3.63, 3.8) is 0 Å². The van der Waals surface area contributed by atoms with Gasteiger partial charge >= 0.3 is 5.97 Å². The Hall–Kier alpha value is -2.14. The predicted molar refractivity (Wildman–Crippen MR) is 77.0 cm³/mol. The lowest BCUT2D eigenvalue weighted by Gasteiger charge is -2.14. The fourth-order valence-corrected chi connectivity index (χ4v) is 1.58. The highest BCUT2D eigenvalue weighted by Crippen LogP contribution is 2.18. The van der Waals surface area contributed by atoms with E-state index in [1.807, 2.05) is 0 Å². The molecule has 0 heterocycles.